The number of rotatable bonds is 7. The number of ether oxygens (including phenoxy) is 1. The first-order valence-corrected chi connectivity index (χ1v) is 8.71. The Hall–Kier alpha value is -3.08. The molecule has 1 amide bonds. The molecular formula is C21H23N3O2. The number of carbonyl (C=O) groups is 1. The zero-order valence-electron chi connectivity index (χ0n) is 15.1. The molecule has 3 rings (SSSR count). The highest BCUT2D eigenvalue weighted by atomic mass is 16.5. The quantitative estimate of drug-likeness (QED) is 0.702. The van der Waals surface area contributed by atoms with E-state index in [0.29, 0.717) is 18.8 Å². The van der Waals surface area contributed by atoms with E-state index >= 15 is 0 Å². The van der Waals surface area contributed by atoms with Gasteiger partial charge in [-0.2, -0.15) is 5.10 Å². The Morgan fingerprint density at radius 1 is 1.04 bits per heavy atom. The van der Waals surface area contributed by atoms with Crippen molar-refractivity contribution in [2.75, 3.05) is 0 Å². The van der Waals surface area contributed by atoms with Crippen LogP contribution in [0.5, 0.6) is 5.75 Å². The lowest BCUT2D eigenvalue weighted by atomic mass is 10.2. The van der Waals surface area contributed by atoms with Gasteiger partial charge >= 0.3 is 0 Å². The van der Waals surface area contributed by atoms with Gasteiger partial charge in [-0.25, -0.2) is 0 Å². The van der Waals surface area contributed by atoms with Crippen LogP contribution in [-0.2, 0) is 13.2 Å². The summed E-state index contributed by atoms with van der Waals surface area (Å²) in [5, 5.41) is 7.16. The number of benzene rings is 2. The lowest BCUT2D eigenvalue weighted by Gasteiger charge is -2.08. The number of nitrogens with one attached hydrogen (secondary N) is 1. The Morgan fingerprint density at radius 2 is 1.77 bits per heavy atom. The van der Waals surface area contributed by atoms with E-state index in [1.54, 1.807) is 10.7 Å². The van der Waals surface area contributed by atoms with Crippen LogP contribution in [0.1, 0.15) is 41.5 Å². The van der Waals surface area contributed by atoms with Crippen LogP contribution in [0, 0.1) is 0 Å². The topological polar surface area (TPSA) is 56.2 Å². The lowest BCUT2D eigenvalue weighted by molar-refractivity contribution is 0.0945. The van der Waals surface area contributed by atoms with Gasteiger partial charge in [-0.3, -0.25) is 9.48 Å². The Balaban J connectivity index is 1.50. The summed E-state index contributed by atoms with van der Waals surface area (Å²) in [6, 6.07) is 19.7. The minimum atomic E-state index is -0.172. The summed E-state index contributed by atoms with van der Waals surface area (Å²) in [6.07, 6.45) is 1.82. The molecule has 0 radical (unpaired) electrons. The summed E-state index contributed by atoms with van der Waals surface area (Å²) < 4.78 is 7.54. The van der Waals surface area contributed by atoms with Crippen LogP contribution in [-0.4, -0.2) is 15.7 Å². The van der Waals surface area contributed by atoms with Gasteiger partial charge in [-0.15, -0.1) is 0 Å². The molecule has 1 N–H and O–H groups in total. The van der Waals surface area contributed by atoms with Crippen molar-refractivity contribution in [1.82, 2.24) is 15.1 Å². The normalized spacial score (nSPS) is 10.7. The third-order valence-corrected chi connectivity index (χ3v) is 3.99. The molecule has 0 fully saturated rings. The van der Waals surface area contributed by atoms with Crippen LogP contribution in [0.25, 0.3) is 0 Å². The SMILES string of the molecule is CC(C)n1ccc(C(=O)NCc2ccc(OCc3ccccc3)cc2)n1. The van der Waals surface area contributed by atoms with Crippen molar-refractivity contribution in [1.29, 1.82) is 0 Å². The Bertz CT molecular complexity index is 839. The molecule has 26 heavy (non-hydrogen) atoms. The first-order valence-electron chi connectivity index (χ1n) is 8.71. The monoisotopic (exact) mass is 349 g/mol. The molecule has 5 nitrogen and oxygen atoms in total. The molecule has 2 aromatic carbocycles. The van der Waals surface area contributed by atoms with Crippen molar-refractivity contribution in [2.24, 2.45) is 0 Å². The first-order chi connectivity index (χ1) is 12.6. The van der Waals surface area contributed by atoms with Crippen LogP contribution < -0.4 is 10.1 Å². The van der Waals surface area contributed by atoms with Gasteiger partial charge in [0.25, 0.3) is 5.91 Å². The fraction of sp³-hybridized carbons (Fsp3) is 0.238. The maximum Gasteiger partial charge on any atom is 0.272 e. The van der Waals surface area contributed by atoms with Gasteiger partial charge in [0.05, 0.1) is 0 Å². The van der Waals surface area contributed by atoms with Crippen molar-refractivity contribution in [3.05, 3.63) is 83.7 Å². The number of hydrogen-bond acceptors (Lipinski definition) is 3. The van der Waals surface area contributed by atoms with E-state index in [1.165, 1.54) is 0 Å². The standard InChI is InChI=1S/C21H23N3O2/c1-16(2)24-13-12-20(23-24)21(25)22-14-17-8-10-19(11-9-17)26-15-18-6-4-3-5-7-18/h3-13,16H,14-15H2,1-2H3,(H,22,25). The van der Waals surface area contributed by atoms with Gasteiger partial charge in [0, 0.05) is 18.8 Å². The predicted molar refractivity (Wildman–Crippen MR) is 101 cm³/mol. The summed E-state index contributed by atoms with van der Waals surface area (Å²) in [5.74, 6) is 0.633. The Kier molecular flexibility index (Phi) is 5.69. The van der Waals surface area contributed by atoms with Gasteiger partial charge in [-0.05, 0) is 43.2 Å². The van der Waals surface area contributed by atoms with E-state index in [2.05, 4.69) is 10.4 Å². The van der Waals surface area contributed by atoms with Gasteiger partial charge < -0.3 is 10.1 Å². The van der Waals surface area contributed by atoms with E-state index < -0.39 is 0 Å². The Morgan fingerprint density at radius 3 is 2.42 bits per heavy atom. The van der Waals surface area contributed by atoms with Crippen molar-refractivity contribution in [3.63, 3.8) is 0 Å². The lowest BCUT2D eigenvalue weighted by Crippen LogP contribution is -2.23. The molecule has 1 heterocycles. The van der Waals surface area contributed by atoms with E-state index in [-0.39, 0.29) is 11.9 Å². The molecule has 0 saturated carbocycles. The summed E-state index contributed by atoms with van der Waals surface area (Å²) in [6.45, 7) is 5.04. The molecule has 134 valence electrons. The highest BCUT2D eigenvalue weighted by molar-refractivity contribution is 5.92. The van der Waals surface area contributed by atoms with Crippen LogP contribution in [0.15, 0.2) is 66.9 Å². The molecule has 0 spiro atoms. The molecule has 0 bridgehead atoms. The molecule has 0 unspecified atom stereocenters. The number of aromatic nitrogens is 2. The molecule has 0 aliphatic carbocycles. The second-order valence-electron chi connectivity index (χ2n) is 6.38. The molecule has 1 aromatic heterocycles. The third kappa shape index (κ3) is 4.72. The van der Waals surface area contributed by atoms with Crippen LogP contribution in [0.3, 0.4) is 0 Å². The van der Waals surface area contributed by atoms with Gasteiger partial charge in [-0.1, -0.05) is 42.5 Å². The molecule has 0 saturated heterocycles. The Labute approximate surface area is 153 Å². The highest BCUT2D eigenvalue weighted by Crippen LogP contribution is 2.14. The minimum Gasteiger partial charge on any atom is -0.489 e. The van der Waals surface area contributed by atoms with E-state index in [0.717, 1.165) is 16.9 Å². The van der Waals surface area contributed by atoms with E-state index in [9.17, 15) is 4.79 Å². The number of carbonyl (C=O) groups excluding carboxylic acids is 1. The van der Waals surface area contributed by atoms with E-state index in [4.69, 9.17) is 4.74 Å². The first kappa shape index (κ1) is 17.7. The molecule has 0 aliphatic rings. The average Bonchev–Trinajstić information content (AvgIpc) is 3.17. The predicted octanol–water partition coefficient (Wildman–Crippen LogP) is 3.97. The number of nitrogens with zero attached hydrogens (tertiary/aromatic N) is 2. The van der Waals surface area contributed by atoms with Crippen molar-refractivity contribution >= 4 is 5.91 Å². The van der Waals surface area contributed by atoms with Crippen molar-refractivity contribution in [3.8, 4) is 5.75 Å². The van der Waals surface area contributed by atoms with Gasteiger partial charge in [0.1, 0.15) is 18.1 Å². The second kappa shape index (κ2) is 8.34. The third-order valence-electron chi connectivity index (χ3n) is 3.99. The second-order valence-corrected chi connectivity index (χ2v) is 6.38. The molecule has 0 atom stereocenters. The van der Waals surface area contributed by atoms with Crippen LogP contribution in [0.4, 0.5) is 0 Å². The van der Waals surface area contributed by atoms with Crippen LogP contribution >= 0.6 is 0 Å². The fourth-order valence-corrected chi connectivity index (χ4v) is 2.46. The van der Waals surface area contributed by atoms with E-state index in [1.807, 2.05) is 74.6 Å². The van der Waals surface area contributed by atoms with Crippen LogP contribution in [0.2, 0.25) is 0 Å². The molecule has 5 heteroatoms. The summed E-state index contributed by atoms with van der Waals surface area (Å²) in [5.41, 5.74) is 2.57. The minimum absolute atomic E-state index is 0.172. The molecular weight excluding hydrogens is 326 g/mol. The van der Waals surface area contributed by atoms with Gasteiger partial charge in [0.2, 0.25) is 0 Å². The zero-order valence-corrected chi connectivity index (χ0v) is 15.1. The fourth-order valence-electron chi connectivity index (χ4n) is 2.46. The summed E-state index contributed by atoms with van der Waals surface area (Å²) >= 11 is 0. The number of amides is 1. The summed E-state index contributed by atoms with van der Waals surface area (Å²) in [4.78, 5) is 12.2. The van der Waals surface area contributed by atoms with Crippen molar-refractivity contribution < 1.29 is 9.53 Å². The largest absolute Gasteiger partial charge is 0.489 e. The molecule has 0 aliphatic heterocycles. The maximum absolute atomic E-state index is 12.2. The maximum atomic E-state index is 12.2. The highest BCUT2D eigenvalue weighted by Gasteiger charge is 2.10. The average molecular weight is 349 g/mol. The molecule has 3 aromatic rings. The smallest absolute Gasteiger partial charge is 0.272 e. The zero-order chi connectivity index (χ0) is 18.4. The van der Waals surface area contributed by atoms with Crippen molar-refractivity contribution in [2.45, 2.75) is 33.0 Å². The number of hydrogen-bond donors (Lipinski definition) is 1. The van der Waals surface area contributed by atoms with Gasteiger partial charge in [0.15, 0.2) is 0 Å². The summed E-state index contributed by atoms with van der Waals surface area (Å²) in [7, 11) is 0.